The lowest BCUT2D eigenvalue weighted by Crippen LogP contribution is -2.28. The average molecular weight is 231 g/mol. The number of aromatic nitrogens is 2. The molecule has 0 bridgehead atoms. The monoisotopic (exact) mass is 231 g/mol. The van der Waals surface area contributed by atoms with E-state index in [1.807, 2.05) is 28.8 Å². The Balaban J connectivity index is 2.12. The fraction of sp³-hybridized carbons (Fsp3) is 0.462. The number of nitrogens with zero attached hydrogens (tertiary/aromatic N) is 2. The van der Waals surface area contributed by atoms with Crippen molar-refractivity contribution in [2.45, 2.75) is 37.8 Å². The number of benzene rings is 1. The molecule has 2 atom stereocenters. The lowest BCUT2D eigenvalue weighted by molar-refractivity contribution is 0.0783. The SMILES string of the molecule is Nc1nc2ccccc2n1C1CCCC[C@@H]1O. The molecule has 1 unspecified atom stereocenters. The highest BCUT2D eigenvalue weighted by atomic mass is 16.3. The number of aliphatic hydroxyl groups is 1. The van der Waals surface area contributed by atoms with E-state index in [1.165, 1.54) is 0 Å². The molecule has 1 fully saturated rings. The highest BCUT2D eigenvalue weighted by Gasteiger charge is 2.27. The van der Waals surface area contributed by atoms with Crippen molar-refractivity contribution in [2.24, 2.45) is 0 Å². The molecule has 3 rings (SSSR count). The molecule has 0 aliphatic heterocycles. The van der Waals surface area contributed by atoms with Crippen molar-refractivity contribution in [1.82, 2.24) is 9.55 Å². The number of anilines is 1. The summed E-state index contributed by atoms with van der Waals surface area (Å²) in [6.07, 6.45) is 3.78. The minimum absolute atomic E-state index is 0.0798. The van der Waals surface area contributed by atoms with Crippen LogP contribution in [0.15, 0.2) is 24.3 Å². The molecule has 4 heteroatoms. The van der Waals surface area contributed by atoms with Gasteiger partial charge in [0.25, 0.3) is 0 Å². The zero-order valence-corrected chi connectivity index (χ0v) is 9.71. The van der Waals surface area contributed by atoms with E-state index in [0.29, 0.717) is 5.95 Å². The van der Waals surface area contributed by atoms with Gasteiger partial charge in [-0.25, -0.2) is 4.98 Å². The van der Waals surface area contributed by atoms with E-state index in [2.05, 4.69) is 4.98 Å². The Labute approximate surface area is 100 Å². The molecule has 0 saturated heterocycles. The molecule has 2 aromatic rings. The third-order valence-corrected chi connectivity index (χ3v) is 3.65. The van der Waals surface area contributed by atoms with Crippen LogP contribution in [0.1, 0.15) is 31.7 Å². The summed E-state index contributed by atoms with van der Waals surface area (Å²) in [5.41, 5.74) is 7.92. The summed E-state index contributed by atoms with van der Waals surface area (Å²) in [6, 6.07) is 7.99. The number of hydrogen-bond acceptors (Lipinski definition) is 3. The maximum Gasteiger partial charge on any atom is 0.201 e. The van der Waals surface area contributed by atoms with E-state index in [0.717, 1.165) is 36.7 Å². The second-order valence-corrected chi connectivity index (χ2v) is 4.75. The largest absolute Gasteiger partial charge is 0.391 e. The van der Waals surface area contributed by atoms with Crippen LogP contribution in [-0.4, -0.2) is 20.8 Å². The number of imidazole rings is 1. The fourth-order valence-corrected chi connectivity index (χ4v) is 2.80. The van der Waals surface area contributed by atoms with Crippen molar-refractivity contribution in [3.63, 3.8) is 0 Å². The summed E-state index contributed by atoms with van der Waals surface area (Å²) in [6.45, 7) is 0. The first-order valence-corrected chi connectivity index (χ1v) is 6.18. The van der Waals surface area contributed by atoms with Gasteiger partial charge in [-0.05, 0) is 25.0 Å². The average Bonchev–Trinajstić information content (AvgIpc) is 2.66. The Morgan fingerprint density at radius 3 is 2.82 bits per heavy atom. The van der Waals surface area contributed by atoms with Gasteiger partial charge in [-0.1, -0.05) is 25.0 Å². The molecular weight excluding hydrogens is 214 g/mol. The fourth-order valence-electron chi connectivity index (χ4n) is 2.80. The summed E-state index contributed by atoms with van der Waals surface area (Å²) < 4.78 is 2.00. The van der Waals surface area contributed by atoms with Crippen LogP contribution in [0.4, 0.5) is 5.95 Å². The molecule has 90 valence electrons. The number of fused-ring (bicyclic) bond motifs is 1. The highest BCUT2D eigenvalue weighted by molar-refractivity contribution is 5.78. The zero-order valence-electron chi connectivity index (χ0n) is 9.71. The Hall–Kier alpha value is -1.55. The van der Waals surface area contributed by atoms with Gasteiger partial charge >= 0.3 is 0 Å². The van der Waals surface area contributed by atoms with Crippen LogP contribution in [0, 0.1) is 0 Å². The first kappa shape index (κ1) is 10.6. The van der Waals surface area contributed by atoms with Crippen LogP contribution in [0.5, 0.6) is 0 Å². The van der Waals surface area contributed by atoms with E-state index in [4.69, 9.17) is 5.73 Å². The van der Waals surface area contributed by atoms with E-state index in [9.17, 15) is 5.11 Å². The first-order valence-electron chi connectivity index (χ1n) is 6.18. The molecule has 1 aromatic carbocycles. The zero-order chi connectivity index (χ0) is 11.8. The van der Waals surface area contributed by atoms with Crippen molar-refractivity contribution in [2.75, 3.05) is 5.73 Å². The highest BCUT2D eigenvalue weighted by Crippen LogP contribution is 2.33. The van der Waals surface area contributed by atoms with Crippen LogP contribution in [0.25, 0.3) is 11.0 Å². The number of nitrogen functional groups attached to an aromatic ring is 1. The van der Waals surface area contributed by atoms with Crippen LogP contribution in [0.3, 0.4) is 0 Å². The molecule has 1 saturated carbocycles. The maximum absolute atomic E-state index is 10.1. The summed E-state index contributed by atoms with van der Waals surface area (Å²) in [7, 11) is 0. The number of para-hydroxylation sites is 2. The Morgan fingerprint density at radius 1 is 1.24 bits per heavy atom. The Kier molecular flexibility index (Phi) is 2.52. The van der Waals surface area contributed by atoms with Crippen LogP contribution >= 0.6 is 0 Å². The van der Waals surface area contributed by atoms with E-state index < -0.39 is 0 Å². The molecular formula is C13H17N3O. The molecule has 1 heterocycles. The van der Waals surface area contributed by atoms with Crippen LogP contribution < -0.4 is 5.73 Å². The Bertz CT molecular complexity index is 534. The van der Waals surface area contributed by atoms with Crippen LogP contribution in [0.2, 0.25) is 0 Å². The molecule has 0 radical (unpaired) electrons. The summed E-state index contributed by atoms with van der Waals surface area (Å²) in [4.78, 5) is 4.35. The van der Waals surface area contributed by atoms with Crippen molar-refractivity contribution in [3.05, 3.63) is 24.3 Å². The normalized spacial score (nSPS) is 25.2. The molecule has 0 amide bonds. The predicted molar refractivity (Wildman–Crippen MR) is 67.7 cm³/mol. The number of nitrogens with two attached hydrogens (primary N) is 1. The maximum atomic E-state index is 10.1. The Morgan fingerprint density at radius 2 is 2.00 bits per heavy atom. The molecule has 1 aliphatic carbocycles. The van der Waals surface area contributed by atoms with Crippen molar-refractivity contribution in [1.29, 1.82) is 0 Å². The molecule has 0 spiro atoms. The van der Waals surface area contributed by atoms with Gasteiger partial charge in [0.15, 0.2) is 0 Å². The van der Waals surface area contributed by atoms with Gasteiger partial charge in [-0.2, -0.15) is 0 Å². The minimum atomic E-state index is -0.302. The van der Waals surface area contributed by atoms with Gasteiger partial charge in [-0.15, -0.1) is 0 Å². The van der Waals surface area contributed by atoms with Crippen molar-refractivity contribution in [3.8, 4) is 0 Å². The lowest BCUT2D eigenvalue weighted by atomic mass is 9.92. The van der Waals surface area contributed by atoms with Gasteiger partial charge in [0.2, 0.25) is 5.95 Å². The summed E-state index contributed by atoms with van der Waals surface area (Å²) in [5, 5.41) is 10.1. The van der Waals surface area contributed by atoms with Crippen molar-refractivity contribution >= 4 is 17.0 Å². The second kappa shape index (κ2) is 4.04. The second-order valence-electron chi connectivity index (χ2n) is 4.75. The van der Waals surface area contributed by atoms with Crippen LogP contribution in [-0.2, 0) is 0 Å². The van der Waals surface area contributed by atoms with Gasteiger partial charge in [-0.3, -0.25) is 0 Å². The number of rotatable bonds is 1. The van der Waals surface area contributed by atoms with E-state index >= 15 is 0 Å². The molecule has 3 N–H and O–H groups in total. The number of aliphatic hydroxyl groups excluding tert-OH is 1. The quantitative estimate of drug-likeness (QED) is 0.790. The molecule has 1 aromatic heterocycles. The molecule has 17 heavy (non-hydrogen) atoms. The van der Waals surface area contributed by atoms with E-state index in [1.54, 1.807) is 0 Å². The minimum Gasteiger partial charge on any atom is -0.391 e. The lowest BCUT2D eigenvalue weighted by Gasteiger charge is -2.29. The van der Waals surface area contributed by atoms with Gasteiger partial charge in [0.05, 0.1) is 23.2 Å². The molecule has 1 aliphatic rings. The standard InChI is InChI=1S/C13H17N3O/c14-13-15-9-5-1-2-6-10(9)16(13)11-7-3-4-8-12(11)17/h1-2,5-6,11-12,17H,3-4,7-8H2,(H2,14,15)/t11?,12-/m0/s1. The van der Waals surface area contributed by atoms with Gasteiger partial charge in [0, 0.05) is 0 Å². The smallest absolute Gasteiger partial charge is 0.201 e. The molecule has 4 nitrogen and oxygen atoms in total. The first-order chi connectivity index (χ1) is 8.27. The predicted octanol–water partition coefficient (Wildman–Crippen LogP) is 2.09. The number of hydrogen-bond donors (Lipinski definition) is 2. The third kappa shape index (κ3) is 1.69. The van der Waals surface area contributed by atoms with Gasteiger partial charge < -0.3 is 15.4 Å². The van der Waals surface area contributed by atoms with Crippen molar-refractivity contribution < 1.29 is 5.11 Å². The third-order valence-electron chi connectivity index (χ3n) is 3.65. The summed E-state index contributed by atoms with van der Waals surface area (Å²) >= 11 is 0. The summed E-state index contributed by atoms with van der Waals surface area (Å²) in [5.74, 6) is 0.511. The topological polar surface area (TPSA) is 64.1 Å². The van der Waals surface area contributed by atoms with Gasteiger partial charge in [0.1, 0.15) is 0 Å². The van der Waals surface area contributed by atoms with E-state index in [-0.39, 0.29) is 12.1 Å².